The average Bonchev–Trinajstić information content (AvgIpc) is 3.46. The molecule has 6 heteroatoms. The first kappa shape index (κ1) is 77.4. The van der Waals surface area contributed by atoms with Crippen molar-refractivity contribution < 1.29 is 28.6 Å². The third-order valence-electron chi connectivity index (χ3n) is 16.1. The summed E-state index contributed by atoms with van der Waals surface area (Å²) < 4.78 is 17.0. The van der Waals surface area contributed by atoms with E-state index in [4.69, 9.17) is 14.2 Å². The number of carbonyl (C=O) groups is 3. The van der Waals surface area contributed by atoms with Crippen molar-refractivity contribution in [1.29, 1.82) is 0 Å². The van der Waals surface area contributed by atoms with Gasteiger partial charge in [-0.1, -0.05) is 333 Å². The number of hydrogen-bond donors (Lipinski definition) is 0. The average molecular weight is 1120 g/mol. The molecule has 0 bridgehead atoms. The topological polar surface area (TPSA) is 78.9 Å². The van der Waals surface area contributed by atoms with Crippen molar-refractivity contribution in [1.82, 2.24) is 0 Å². The highest BCUT2D eigenvalue weighted by Crippen LogP contribution is 2.18. The summed E-state index contributed by atoms with van der Waals surface area (Å²) in [6.45, 7) is 6.67. The van der Waals surface area contributed by atoms with Crippen molar-refractivity contribution in [3.63, 3.8) is 0 Å². The number of hydrogen-bond acceptors (Lipinski definition) is 6. The third kappa shape index (κ3) is 66.2. The van der Waals surface area contributed by atoms with E-state index in [9.17, 15) is 14.4 Å². The molecule has 80 heavy (non-hydrogen) atoms. The number of rotatable bonds is 66. The van der Waals surface area contributed by atoms with Gasteiger partial charge in [0.15, 0.2) is 6.10 Å². The van der Waals surface area contributed by atoms with Crippen molar-refractivity contribution in [3.05, 3.63) is 48.6 Å². The van der Waals surface area contributed by atoms with Gasteiger partial charge in [-0.05, 0) is 83.5 Å². The standard InChI is InChI=1S/C74H136O6/c1-4-7-10-13-16-19-22-24-26-28-30-32-34-36-37-39-40-42-44-46-48-50-52-55-58-61-64-67-73(76)79-70-71(69-78-72(75)66-63-60-57-54-21-18-15-12-9-6-3)80-74(77)68-65-62-59-56-53-51-49-47-45-43-41-38-35-33-31-29-27-25-23-20-17-14-11-8-5-2/h23,25,28-31,35,38,71H,4-22,24,26-27,32-34,36-37,39-70H2,1-3H3/b25-23-,30-28-,31-29-,38-35-. The maximum absolute atomic E-state index is 12.9. The van der Waals surface area contributed by atoms with Crippen molar-refractivity contribution >= 4 is 17.9 Å². The fourth-order valence-electron chi connectivity index (χ4n) is 10.7. The van der Waals surface area contributed by atoms with E-state index in [-0.39, 0.29) is 31.1 Å². The molecule has 1 unspecified atom stereocenters. The second-order valence-corrected chi connectivity index (χ2v) is 24.1. The van der Waals surface area contributed by atoms with Crippen LogP contribution in [0.15, 0.2) is 48.6 Å². The Morgan fingerprint density at radius 2 is 0.450 bits per heavy atom. The van der Waals surface area contributed by atoms with E-state index in [1.54, 1.807) is 0 Å². The molecule has 0 aromatic heterocycles. The lowest BCUT2D eigenvalue weighted by atomic mass is 10.0. The molecule has 0 heterocycles. The van der Waals surface area contributed by atoms with Crippen LogP contribution in [0, 0.1) is 0 Å². The highest BCUT2D eigenvalue weighted by atomic mass is 16.6. The van der Waals surface area contributed by atoms with Crippen molar-refractivity contribution in [2.45, 2.75) is 393 Å². The van der Waals surface area contributed by atoms with Gasteiger partial charge >= 0.3 is 17.9 Å². The first-order chi connectivity index (χ1) is 39.5. The van der Waals surface area contributed by atoms with E-state index in [0.29, 0.717) is 19.3 Å². The molecule has 468 valence electrons. The molecule has 0 fully saturated rings. The summed E-state index contributed by atoms with van der Waals surface area (Å²) in [5.41, 5.74) is 0. The summed E-state index contributed by atoms with van der Waals surface area (Å²) in [7, 11) is 0. The van der Waals surface area contributed by atoms with Gasteiger partial charge in [0, 0.05) is 19.3 Å². The molecule has 0 radical (unpaired) electrons. The van der Waals surface area contributed by atoms with E-state index in [1.165, 1.54) is 276 Å². The van der Waals surface area contributed by atoms with Crippen LogP contribution < -0.4 is 0 Å². The Morgan fingerprint density at radius 3 is 0.713 bits per heavy atom. The van der Waals surface area contributed by atoms with Crippen molar-refractivity contribution in [3.8, 4) is 0 Å². The van der Waals surface area contributed by atoms with Crippen LogP contribution >= 0.6 is 0 Å². The van der Waals surface area contributed by atoms with Gasteiger partial charge < -0.3 is 14.2 Å². The lowest BCUT2D eigenvalue weighted by molar-refractivity contribution is -0.167. The van der Waals surface area contributed by atoms with Crippen LogP contribution in [0.3, 0.4) is 0 Å². The molecule has 0 aliphatic heterocycles. The molecule has 0 saturated heterocycles. The van der Waals surface area contributed by atoms with Crippen LogP contribution in [0.5, 0.6) is 0 Å². The predicted molar refractivity (Wildman–Crippen MR) is 349 cm³/mol. The molecule has 6 nitrogen and oxygen atoms in total. The van der Waals surface area contributed by atoms with Crippen LogP contribution in [0.1, 0.15) is 387 Å². The predicted octanol–water partition coefficient (Wildman–Crippen LogP) is 24.5. The van der Waals surface area contributed by atoms with Gasteiger partial charge in [-0.3, -0.25) is 14.4 Å². The molecule has 0 aromatic rings. The summed E-state index contributed by atoms with van der Waals surface area (Å²) >= 11 is 0. The molecule has 0 spiro atoms. The third-order valence-corrected chi connectivity index (χ3v) is 16.1. The molecular weight excluding hydrogens is 985 g/mol. The molecule has 0 aromatic carbocycles. The van der Waals surface area contributed by atoms with Crippen LogP contribution in [-0.2, 0) is 28.6 Å². The Hall–Kier alpha value is -2.63. The minimum absolute atomic E-state index is 0.0701. The summed E-state index contributed by atoms with van der Waals surface area (Å²) in [6, 6.07) is 0. The quantitative estimate of drug-likeness (QED) is 0.0261. The highest BCUT2D eigenvalue weighted by Gasteiger charge is 2.19. The van der Waals surface area contributed by atoms with Gasteiger partial charge in [0.2, 0.25) is 0 Å². The molecule has 1 atom stereocenters. The first-order valence-electron chi connectivity index (χ1n) is 35.6. The zero-order chi connectivity index (χ0) is 57.8. The minimum Gasteiger partial charge on any atom is -0.462 e. The Balaban J connectivity index is 4.16. The molecule has 0 saturated carbocycles. The Morgan fingerprint density at radius 1 is 0.250 bits per heavy atom. The summed E-state index contributed by atoms with van der Waals surface area (Å²) in [4.78, 5) is 38.3. The number of esters is 3. The largest absolute Gasteiger partial charge is 0.462 e. The second-order valence-electron chi connectivity index (χ2n) is 24.1. The fraction of sp³-hybridized carbons (Fsp3) is 0.851. The zero-order valence-electron chi connectivity index (χ0n) is 53.9. The van der Waals surface area contributed by atoms with Crippen LogP contribution in [-0.4, -0.2) is 37.2 Å². The van der Waals surface area contributed by atoms with E-state index >= 15 is 0 Å². The van der Waals surface area contributed by atoms with Crippen molar-refractivity contribution in [2.75, 3.05) is 13.2 Å². The Kier molecular flexibility index (Phi) is 66.6. The van der Waals surface area contributed by atoms with E-state index in [2.05, 4.69) is 69.4 Å². The Bertz CT molecular complexity index is 1380. The second kappa shape index (κ2) is 68.9. The molecular formula is C74H136O6. The molecule has 0 rings (SSSR count). The number of allylic oxidation sites excluding steroid dienone is 8. The van der Waals surface area contributed by atoms with E-state index in [0.717, 1.165) is 70.6 Å². The monoisotopic (exact) mass is 1120 g/mol. The summed E-state index contributed by atoms with van der Waals surface area (Å²) in [6.07, 6.45) is 87.2. The van der Waals surface area contributed by atoms with Gasteiger partial charge in [-0.2, -0.15) is 0 Å². The first-order valence-corrected chi connectivity index (χ1v) is 35.6. The van der Waals surface area contributed by atoms with Gasteiger partial charge in [0.25, 0.3) is 0 Å². The van der Waals surface area contributed by atoms with Gasteiger partial charge in [-0.15, -0.1) is 0 Å². The highest BCUT2D eigenvalue weighted by molar-refractivity contribution is 5.71. The van der Waals surface area contributed by atoms with Crippen LogP contribution in [0.2, 0.25) is 0 Å². The summed E-state index contributed by atoms with van der Waals surface area (Å²) in [5.74, 6) is -0.851. The van der Waals surface area contributed by atoms with E-state index < -0.39 is 6.10 Å². The van der Waals surface area contributed by atoms with Gasteiger partial charge in [0.1, 0.15) is 13.2 Å². The lowest BCUT2D eigenvalue weighted by Crippen LogP contribution is -2.30. The number of ether oxygens (including phenoxy) is 3. The van der Waals surface area contributed by atoms with E-state index in [1.807, 2.05) is 0 Å². The lowest BCUT2D eigenvalue weighted by Gasteiger charge is -2.18. The molecule has 0 N–H and O–H groups in total. The normalized spacial score (nSPS) is 12.3. The zero-order valence-corrected chi connectivity index (χ0v) is 53.9. The summed E-state index contributed by atoms with van der Waals surface area (Å²) in [5, 5.41) is 0. The number of unbranched alkanes of at least 4 members (excludes halogenated alkanes) is 47. The van der Waals surface area contributed by atoms with Crippen molar-refractivity contribution in [2.24, 2.45) is 0 Å². The van der Waals surface area contributed by atoms with Crippen LogP contribution in [0.4, 0.5) is 0 Å². The smallest absolute Gasteiger partial charge is 0.306 e. The Labute approximate surface area is 498 Å². The maximum Gasteiger partial charge on any atom is 0.306 e. The molecule has 0 aliphatic carbocycles. The SMILES string of the molecule is CCCCCCC/C=C\C/C=C\C/C=C\CCCCCCCCCCCCC(=O)OC(COC(=O)CCCCCCCCCCCC)COC(=O)CCCCCCCCCCCCCCCCC/C=C\CCCCCCCCCC. The fourth-order valence-corrected chi connectivity index (χ4v) is 10.7. The van der Waals surface area contributed by atoms with Crippen LogP contribution in [0.25, 0.3) is 0 Å². The number of carbonyl (C=O) groups excluding carboxylic acids is 3. The maximum atomic E-state index is 12.9. The molecule has 0 aliphatic rings. The van der Waals surface area contributed by atoms with Gasteiger partial charge in [-0.25, -0.2) is 0 Å². The molecule has 0 amide bonds. The van der Waals surface area contributed by atoms with Gasteiger partial charge in [0.05, 0.1) is 0 Å². The minimum atomic E-state index is -0.773.